The number of carboxylic acids is 1. The van der Waals surface area contributed by atoms with Crippen molar-refractivity contribution in [3.8, 4) is 0 Å². The number of pyridine rings is 1. The Balaban J connectivity index is 2.25. The van der Waals surface area contributed by atoms with E-state index in [-0.39, 0.29) is 5.69 Å². The number of sulfone groups is 1. The number of hydrogen-bond acceptors (Lipinski definition) is 5. The summed E-state index contributed by atoms with van der Waals surface area (Å²) in [6, 6.07) is 2.52. The minimum absolute atomic E-state index is 0.215. The zero-order valence-corrected chi connectivity index (χ0v) is 14.0. The number of halogens is 2. The first-order chi connectivity index (χ1) is 11.5. The number of rotatable bonds is 3. The molecule has 2 aliphatic heterocycles. The second-order valence-corrected chi connectivity index (χ2v) is 8.89. The number of allylic oxidation sites excluding steroid dienone is 1. The SMILES string of the molecule is CC1(C)[C@H](C(=O)O)N2C(=O)/C(=C(/c3ccccn3)C(F)F)C2S1(=O)=O. The quantitative estimate of drug-likeness (QED) is 0.625. The molecule has 3 heterocycles. The molecule has 0 aromatic carbocycles. The number of aliphatic carboxylic acids is 1. The highest BCUT2D eigenvalue weighted by molar-refractivity contribution is 7.94. The van der Waals surface area contributed by atoms with E-state index in [2.05, 4.69) is 4.98 Å². The molecule has 1 aromatic rings. The lowest BCUT2D eigenvalue weighted by atomic mass is 9.91. The largest absolute Gasteiger partial charge is 0.480 e. The summed E-state index contributed by atoms with van der Waals surface area (Å²) in [7, 11) is -4.22. The maximum absolute atomic E-state index is 13.6. The molecule has 1 aromatic heterocycles. The molecule has 0 aliphatic carbocycles. The van der Waals surface area contributed by atoms with Crippen LogP contribution < -0.4 is 0 Å². The smallest absolute Gasteiger partial charge is 0.328 e. The second-order valence-electron chi connectivity index (χ2n) is 6.30. The van der Waals surface area contributed by atoms with E-state index in [0.29, 0.717) is 4.90 Å². The molecule has 2 aliphatic rings. The summed E-state index contributed by atoms with van der Waals surface area (Å²) in [5.74, 6) is -2.52. The zero-order chi connectivity index (χ0) is 18.7. The topological polar surface area (TPSA) is 105 Å². The van der Waals surface area contributed by atoms with E-state index in [1.54, 1.807) is 0 Å². The van der Waals surface area contributed by atoms with Crippen LogP contribution in [0.1, 0.15) is 19.5 Å². The highest BCUT2D eigenvalue weighted by Crippen LogP contribution is 2.50. The van der Waals surface area contributed by atoms with Crippen molar-refractivity contribution in [1.29, 1.82) is 0 Å². The summed E-state index contributed by atoms with van der Waals surface area (Å²) >= 11 is 0. The summed E-state index contributed by atoms with van der Waals surface area (Å²) < 4.78 is 50.9. The third-order valence-corrected chi connectivity index (χ3v) is 7.35. The maximum Gasteiger partial charge on any atom is 0.328 e. The number of alkyl halides is 2. The molecule has 1 amide bonds. The van der Waals surface area contributed by atoms with E-state index in [1.807, 2.05) is 0 Å². The summed E-state index contributed by atoms with van der Waals surface area (Å²) in [5.41, 5.74) is -1.60. The van der Waals surface area contributed by atoms with Gasteiger partial charge in [-0.25, -0.2) is 22.0 Å². The first-order valence-electron chi connectivity index (χ1n) is 7.26. The van der Waals surface area contributed by atoms with Crippen molar-refractivity contribution < 1.29 is 31.9 Å². The molecule has 1 N–H and O–H groups in total. The third kappa shape index (κ3) is 2.13. The van der Waals surface area contributed by atoms with E-state index in [4.69, 9.17) is 0 Å². The minimum Gasteiger partial charge on any atom is -0.480 e. The molecular formula is C15H14F2N2O5S. The van der Waals surface area contributed by atoms with Gasteiger partial charge in [0, 0.05) is 6.20 Å². The van der Waals surface area contributed by atoms with Gasteiger partial charge >= 0.3 is 5.97 Å². The van der Waals surface area contributed by atoms with Gasteiger partial charge in [-0.05, 0) is 26.0 Å². The van der Waals surface area contributed by atoms with Gasteiger partial charge in [-0.2, -0.15) is 0 Å². The van der Waals surface area contributed by atoms with E-state index < -0.39 is 55.4 Å². The Morgan fingerprint density at radius 3 is 2.48 bits per heavy atom. The predicted molar refractivity (Wildman–Crippen MR) is 82.2 cm³/mol. The lowest BCUT2D eigenvalue weighted by molar-refractivity contribution is -0.152. The molecule has 1 unspecified atom stereocenters. The third-order valence-electron chi connectivity index (χ3n) is 4.61. The van der Waals surface area contributed by atoms with Crippen molar-refractivity contribution in [2.75, 3.05) is 0 Å². The summed E-state index contributed by atoms with van der Waals surface area (Å²) in [4.78, 5) is 28.3. The molecule has 25 heavy (non-hydrogen) atoms. The fourth-order valence-corrected chi connectivity index (χ4v) is 5.47. The highest BCUT2D eigenvalue weighted by atomic mass is 32.2. The van der Waals surface area contributed by atoms with Crippen LogP contribution in [-0.2, 0) is 19.4 Å². The Labute approximate surface area is 141 Å². The van der Waals surface area contributed by atoms with Gasteiger partial charge in [0.2, 0.25) is 0 Å². The molecule has 7 nitrogen and oxygen atoms in total. The van der Waals surface area contributed by atoms with Crippen molar-refractivity contribution in [3.63, 3.8) is 0 Å². The number of aromatic nitrogens is 1. The van der Waals surface area contributed by atoms with Crippen molar-refractivity contribution in [1.82, 2.24) is 9.88 Å². The number of hydrogen-bond donors (Lipinski definition) is 1. The maximum atomic E-state index is 13.6. The van der Waals surface area contributed by atoms with Gasteiger partial charge in [0.25, 0.3) is 12.3 Å². The van der Waals surface area contributed by atoms with Gasteiger partial charge < -0.3 is 10.0 Å². The zero-order valence-electron chi connectivity index (χ0n) is 13.2. The lowest BCUT2D eigenvalue weighted by Crippen LogP contribution is -2.59. The first kappa shape index (κ1) is 17.5. The minimum atomic E-state index is -4.22. The average molecular weight is 372 g/mol. The number of β-lactam (4-membered cyclic amide) rings is 1. The first-order valence-corrected chi connectivity index (χ1v) is 8.80. The summed E-state index contributed by atoms with van der Waals surface area (Å²) in [6.07, 6.45) is -1.90. The molecule has 2 atom stereocenters. The molecule has 0 spiro atoms. The molecule has 3 rings (SSSR count). The summed E-state index contributed by atoms with van der Waals surface area (Å²) in [6.45, 7) is 2.35. The number of fused-ring (bicyclic) bond motifs is 1. The Hall–Kier alpha value is -2.36. The molecule has 0 radical (unpaired) electrons. The lowest BCUT2D eigenvalue weighted by Gasteiger charge is -2.39. The standard InChI is InChI=1S/C15H14F2N2O5S/c1-15(2)10(14(21)22)19-12(20)9(13(19)25(15,23)24)8(11(16)17)7-5-3-4-6-18-7/h3-6,10-11,13H,1-2H3,(H,21,22)/b9-8+/t10-,13?/m0/s1. The summed E-state index contributed by atoms with van der Waals surface area (Å²) in [5, 5.41) is 7.63. The number of carbonyl (C=O) groups is 2. The highest BCUT2D eigenvalue weighted by Gasteiger charge is 2.71. The fraction of sp³-hybridized carbons (Fsp3) is 0.400. The van der Waals surface area contributed by atoms with Crippen LogP contribution in [0, 0.1) is 0 Å². The van der Waals surface area contributed by atoms with Gasteiger partial charge in [0.15, 0.2) is 21.3 Å². The fourth-order valence-electron chi connectivity index (χ4n) is 3.31. The monoisotopic (exact) mass is 372 g/mol. The van der Waals surface area contributed by atoms with Crippen LogP contribution in [0.4, 0.5) is 8.78 Å². The van der Waals surface area contributed by atoms with Gasteiger partial charge in [0.05, 0.1) is 16.8 Å². The number of carboxylic acid groups (broad SMARTS) is 1. The predicted octanol–water partition coefficient (Wildman–Crippen LogP) is 0.929. The van der Waals surface area contributed by atoms with Gasteiger partial charge in [-0.3, -0.25) is 9.78 Å². The van der Waals surface area contributed by atoms with Crippen LogP contribution in [0.5, 0.6) is 0 Å². The van der Waals surface area contributed by atoms with Crippen LogP contribution in [0.3, 0.4) is 0 Å². The van der Waals surface area contributed by atoms with Crippen LogP contribution in [-0.4, -0.2) is 57.9 Å². The Kier molecular flexibility index (Phi) is 3.71. The normalized spacial score (nSPS) is 28.5. The van der Waals surface area contributed by atoms with Gasteiger partial charge in [-0.1, -0.05) is 6.07 Å². The van der Waals surface area contributed by atoms with Crippen molar-refractivity contribution in [2.24, 2.45) is 0 Å². The molecule has 134 valence electrons. The second kappa shape index (κ2) is 5.32. The molecule has 2 saturated heterocycles. The Morgan fingerprint density at radius 2 is 2.00 bits per heavy atom. The molecular weight excluding hydrogens is 358 g/mol. The van der Waals surface area contributed by atoms with Crippen molar-refractivity contribution >= 4 is 27.3 Å². The van der Waals surface area contributed by atoms with E-state index in [9.17, 15) is 31.9 Å². The van der Waals surface area contributed by atoms with Gasteiger partial charge in [0.1, 0.15) is 4.75 Å². The van der Waals surface area contributed by atoms with Gasteiger partial charge in [-0.15, -0.1) is 0 Å². The average Bonchev–Trinajstić information content (AvgIpc) is 2.66. The number of amides is 1. The molecule has 0 saturated carbocycles. The molecule has 0 bridgehead atoms. The van der Waals surface area contributed by atoms with Crippen LogP contribution in [0.25, 0.3) is 5.57 Å². The van der Waals surface area contributed by atoms with Crippen LogP contribution in [0.15, 0.2) is 30.0 Å². The Morgan fingerprint density at radius 1 is 1.36 bits per heavy atom. The molecule has 2 fully saturated rings. The molecule has 10 heteroatoms. The number of nitrogens with zero attached hydrogens (tertiary/aromatic N) is 2. The van der Waals surface area contributed by atoms with Crippen LogP contribution >= 0.6 is 0 Å². The van der Waals surface area contributed by atoms with E-state index in [0.717, 1.165) is 0 Å². The Bertz CT molecular complexity index is 896. The van der Waals surface area contributed by atoms with Crippen molar-refractivity contribution in [2.45, 2.75) is 36.4 Å². The van der Waals surface area contributed by atoms with E-state index in [1.165, 1.54) is 38.2 Å². The number of carbonyl (C=O) groups excluding carboxylic acids is 1. The van der Waals surface area contributed by atoms with Crippen molar-refractivity contribution in [3.05, 3.63) is 35.7 Å². The van der Waals surface area contributed by atoms with E-state index >= 15 is 0 Å². The van der Waals surface area contributed by atoms with Crippen LogP contribution in [0.2, 0.25) is 0 Å².